The zero-order valence-corrected chi connectivity index (χ0v) is 5.76. The van der Waals surface area contributed by atoms with Gasteiger partial charge in [-0.2, -0.15) is 8.42 Å². The lowest BCUT2D eigenvalue weighted by Crippen LogP contribution is -2.41. The molecule has 0 saturated carbocycles. The minimum absolute atomic E-state index is 0.877. The van der Waals surface area contributed by atoms with E-state index in [0.29, 0.717) is 0 Å². The van der Waals surface area contributed by atoms with E-state index in [2.05, 4.69) is 0 Å². The Morgan fingerprint density at radius 3 is 2.60 bits per heavy atom. The van der Waals surface area contributed by atoms with Gasteiger partial charge < -0.3 is 11.5 Å². The van der Waals surface area contributed by atoms with Crippen LogP contribution in [0.2, 0.25) is 1.41 Å². The van der Waals surface area contributed by atoms with Gasteiger partial charge in [0.1, 0.15) is 6.04 Å². The first kappa shape index (κ1) is 7.45. The molecule has 0 aromatic rings. The van der Waals surface area contributed by atoms with E-state index in [-0.39, 0.29) is 0 Å². The monoisotopic (exact) mass is 169 g/mol. The SMILES string of the molecule is [2H]NC(=O)[C@@H](N)CS(=O)(=O)O. The molecule has 10 heavy (non-hydrogen) atoms. The van der Waals surface area contributed by atoms with Crippen LogP contribution in [0.15, 0.2) is 0 Å². The number of primary amides is 1. The zero-order chi connectivity index (χ0) is 9.07. The summed E-state index contributed by atoms with van der Waals surface area (Å²) in [6.45, 7) is 0. The van der Waals surface area contributed by atoms with E-state index in [0.717, 1.165) is 0 Å². The number of amides is 1. The van der Waals surface area contributed by atoms with E-state index < -0.39 is 27.8 Å². The second-order valence-corrected chi connectivity index (χ2v) is 3.22. The van der Waals surface area contributed by atoms with Crippen molar-refractivity contribution in [2.75, 3.05) is 5.75 Å². The van der Waals surface area contributed by atoms with Crippen LogP contribution in [0, 0.1) is 0 Å². The van der Waals surface area contributed by atoms with Gasteiger partial charge in [-0.1, -0.05) is 0 Å². The van der Waals surface area contributed by atoms with Gasteiger partial charge in [-0.05, 0) is 0 Å². The lowest BCUT2D eigenvalue weighted by atomic mass is 10.4. The van der Waals surface area contributed by atoms with Crippen molar-refractivity contribution in [2.24, 2.45) is 11.5 Å². The highest BCUT2D eigenvalue weighted by atomic mass is 32.2. The number of nitrogens with two attached hydrogens (primary N) is 2. The highest BCUT2D eigenvalue weighted by molar-refractivity contribution is 7.85. The van der Waals surface area contributed by atoms with Gasteiger partial charge >= 0.3 is 0 Å². The fourth-order valence-electron chi connectivity index (χ4n) is 0.303. The van der Waals surface area contributed by atoms with Crippen molar-refractivity contribution < 1.29 is 19.2 Å². The first-order valence-electron chi connectivity index (χ1n) is 2.79. The summed E-state index contributed by atoms with van der Waals surface area (Å²) in [6, 6.07) is -1.40. The summed E-state index contributed by atoms with van der Waals surface area (Å²) in [7, 11) is -4.25. The fourth-order valence-corrected chi connectivity index (χ4v) is 0.908. The summed E-state index contributed by atoms with van der Waals surface area (Å²) in [5.74, 6) is -1.83. The summed E-state index contributed by atoms with van der Waals surface area (Å²) in [5.41, 5.74) is 6.34. The van der Waals surface area contributed by atoms with Gasteiger partial charge in [-0.15, -0.1) is 0 Å². The predicted octanol–water partition coefficient (Wildman–Crippen LogP) is -2.31. The predicted molar refractivity (Wildman–Crippen MR) is 33.6 cm³/mol. The Morgan fingerprint density at radius 1 is 1.80 bits per heavy atom. The third-order valence-electron chi connectivity index (χ3n) is 0.727. The van der Waals surface area contributed by atoms with Gasteiger partial charge in [0.05, 0.1) is 5.75 Å². The van der Waals surface area contributed by atoms with Crippen molar-refractivity contribution in [3.05, 3.63) is 0 Å². The molecular formula is C3H8N2O4S. The molecule has 60 valence electrons. The van der Waals surface area contributed by atoms with E-state index in [9.17, 15) is 13.2 Å². The number of hydrogen-bond donors (Lipinski definition) is 3. The topological polar surface area (TPSA) is 123 Å². The molecule has 5 N–H and O–H groups in total. The molecule has 0 aliphatic carbocycles. The van der Waals surface area contributed by atoms with Crippen molar-refractivity contribution >= 4 is 16.0 Å². The maximum absolute atomic E-state index is 10.4. The molecule has 1 amide bonds. The molecule has 0 aliphatic heterocycles. The minimum atomic E-state index is -4.25. The second-order valence-electron chi connectivity index (χ2n) is 1.72. The van der Waals surface area contributed by atoms with Crippen LogP contribution >= 0.6 is 0 Å². The van der Waals surface area contributed by atoms with Crippen LogP contribution in [-0.4, -0.2) is 30.7 Å². The Kier molecular flexibility index (Phi) is 2.20. The lowest BCUT2D eigenvalue weighted by Gasteiger charge is -2.02. The summed E-state index contributed by atoms with van der Waals surface area (Å²) in [4.78, 5) is 10.4. The van der Waals surface area contributed by atoms with E-state index in [1.807, 2.05) is 0 Å². The first-order valence-corrected chi connectivity index (χ1v) is 3.90. The molecule has 0 radical (unpaired) electrons. The highest BCUT2D eigenvalue weighted by Gasteiger charge is 2.16. The van der Waals surface area contributed by atoms with Gasteiger partial charge in [0.25, 0.3) is 10.1 Å². The van der Waals surface area contributed by atoms with E-state index in [1.54, 1.807) is 0 Å². The van der Waals surface area contributed by atoms with Crippen molar-refractivity contribution in [1.82, 2.24) is 0 Å². The van der Waals surface area contributed by atoms with Crippen LogP contribution in [0.5, 0.6) is 0 Å². The summed E-state index contributed by atoms with van der Waals surface area (Å²) < 4.78 is 34.7. The molecule has 0 bridgehead atoms. The molecule has 0 saturated heterocycles. The average Bonchev–Trinajstić information content (AvgIpc) is 1.82. The standard InChI is InChI=1S/C3H8N2O4S/c4-2(3(5)6)1-10(7,8)9/h2H,1,4H2,(H2,5,6)(H,7,8,9)/t2-/m0/s1/i/hD. The first-order chi connectivity index (χ1) is 4.87. The Morgan fingerprint density at radius 2 is 2.30 bits per heavy atom. The Bertz CT molecular complexity index is 238. The molecule has 0 unspecified atom stereocenters. The van der Waals surface area contributed by atoms with Gasteiger partial charge in [0, 0.05) is 0 Å². The van der Waals surface area contributed by atoms with Crippen LogP contribution in [-0.2, 0) is 14.9 Å². The summed E-state index contributed by atoms with van der Waals surface area (Å²) >= 11 is 0. The normalized spacial score (nSPS) is 15.6. The van der Waals surface area contributed by atoms with Crippen LogP contribution < -0.4 is 11.5 Å². The van der Waals surface area contributed by atoms with Crippen LogP contribution in [0.25, 0.3) is 0 Å². The molecule has 0 heterocycles. The van der Waals surface area contributed by atoms with Gasteiger partial charge in [0.15, 0.2) is 1.41 Å². The molecule has 7 heteroatoms. The third-order valence-corrected chi connectivity index (χ3v) is 1.51. The molecule has 0 aliphatic rings. The number of carbonyl (C=O) groups excluding carboxylic acids is 1. The van der Waals surface area contributed by atoms with Crippen molar-refractivity contribution in [1.29, 1.82) is 0 Å². The van der Waals surface area contributed by atoms with Gasteiger partial charge in [-0.25, -0.2) is 0 Å². The van der Waals surface area contributed by atoms with Gasteiger partial charge in [-0.3, -0.25) is 9.35 Å². The smallest absolute Gasteiger partial charge is 0.266 e. The van der Waals surface area contributed by atoms with Crippen molar-refractivity contribution in [3.8, 4) is 0 Å². The largest absolute Gasteiger partial charge is 0.368 e. The molecular weight excluding hydrogens is 160 g/mol. The average molecular weight is 169 g/mol. The quantitative estimate of drug-likeness (QED) is 0.409. The number of hydrogen-bond acceptors (Lipinski definition) is 4. The van der Waals surface area contributed by atoms with Crippen molar-refractivity contribution in [2.45, 2.75) is 6.04 Å². The minimum Gasteiger partial charge on any atom is -0.368 e. The number of rotatable bonds is 3. The molecule has 0 aromatic heterocycles. The maximum Gasteiger partial charge on any atom is 0.266 e. The lowest BCUT2D eigenvalue weighted by molar-refractivity contribution is -0.118. The third kappa shape index (κ3) is 4.24. The summed E-state index contributed by atoms with van der Waals surface area (Å²) in [5, 5.41) is 0. The molecule has 6 nitrogen and oxygen atoms in total. The zero-order valence-electron chi connectivity index (χ0n) is 5.94. The summed E-state index contributed by atoms with van der Waals surface area (Å²) in [6.07, 6.45) is 0. The maximum atomic E-state index is 10.4. The molecule has 0 aromatic carbocycles. The molecule has 0 fully saturated rings. The Hall–Kier alpha value is -0.660. The van der Waals surface area contributed by atoms with Crippen molar-refractivity contribution in [3.63, 3.8) is 0 Å². The van der Waals surface area contributed by atoms with E-state index >= 15 is 0 Å². The molecule has 0 spiro atoms. The van der Waals surface area contributed by atoms with Crippen LogP contribution in [0.4, 0.5) is 0 Å². The molecule has 0 rings (SSSR count). The highest BCUT2D eigenvalue weighted by Crippen LogP contribution is 1.85. The van der Waals surface area contributed by atoms with E-state index in [1.165, 1.54) is 5.73 Å². The van der Waals surface area contributed by atoms with Crippen LogP contribution in [0.3, 0.4) is 0 Å². The van der Waals surface area contributed by atoms with Gasteiger partial charge in [0.2, 0.25) is 5.91 Å². The fraction of sp³-hybridized carbons (Fsp3) is 0.667. The Balaban J connectivity index is 4.09. The Labute approximate surface area is 59.4 Å². The van der Waals surface area contributed by atoms with Crippen LogP contribution in [0.1, 0.15) is 0 Å². The second kappa shape index (κ2) is 2.95. The number of carbonyl (C=O) groups is 1. The van der Waals surface area contributed by atoms with E-state index in [4.69, 9.17) is 11.7 Å². The molecule has 1 atom stereocenters.